The first-order valence-corrected chi connectivity index (χ1v) is 17.9. The topological polar surface area (TPSA) is 72.3 Å². The summed E-state index contributed by atoms with van der Waals surface area (Å²) in [6, 6.07) is 56.4. The molecule has 6 heteroatoms. The Morgan fingerprint density at radius 3 is 1.72 bits per heavy atom. The van der Waals surface area contributed by atoms with Crippen molar-refractivity contribution in [2.75, 3.05) is 0 Å². The van der Waals surface area contributed by atoms with Gasteiger partial charge in [-0.25, -0.2) is 15.0 Å². The average molecular weight is 681 g/mol. The van der Waals surface area contributed by atoms with Gasteiger partial charge >= 0.3 is 0 Å². The normalized spacial score (nSPS) is 13.5. The highest BCUT2D eigenvalue weighted by molar-refractivity contribution is 6.05. The SMILES string of the molecule is CC1Cc2c(c3ccccc3n2-c2ccccc2)-c2c1c1ccccc1n2-c1ccc(-c2nc(-c3ccccc3)nc(-c3ccccc3)n2)cc1C#N. The molecule has 1 aliphatic rings. The molecule has 1 unspecified atom stereocenters. The Kier molecular flexibility index (Phi) is 7.12. The lowest BCUT2D eigenvalue weighted by molar-refractivity contribution is 0.722. The van der Waals surface area contributed by atoms with Crippen LogP contribution in [0.4, 0.5) is 0 Å². The molecule has 0 N–H and O–H groups in total. The Morgan fingerprint density at radius 2 is 1.09 bits per heavy atom. The van der Waals surface area contributed by atoms with Crippen LogP contribution in [-0.4, -0.2) is 24.1 Å². The molecule has 0 aliphatic heterocycles. The quantitative estimate of drug-likeness (QED) is 0.181. The summed E-state index contributed by atoms with van der Waals surface area (Å²) < 4.78 is 4.75. The Bertz CT molecular complexity index is 2820. The van der Waals surface area contributed by atoms with Crippen molar-refractivity contribution in [3.63, 3.8) is 0 Å². The zero-order valence-corrected chi connectivity index (χ0v) is 29.0. The van der Waals surface area contributed by atoms with Crippen molar-refractivity contribution in [2.24, 2.45) is 0 Å². The van der Waals surface area contributed by atoms with Gasteiger partial charge in [0.15, 0.2) is 17.5 Å². The molecule has 0 spiro atoms. The first kappa shape index (κ1) is 30.7. The average Bonchev–Trinajstić information content (AvgIpc) is 3.74. The van der Waals surface area contributed by atoms with Crippen molar-refractivity contribution in [2.45, 2.75) is 19.3 Å². The number of fused-ring (bicyclic) bond motifs is 7. The van der Waals surface area contributed by atoms with E-state index in [0.717, 1.165) is 45.7 Å². The number of nitrogens with zero attached hydrogens (tertiary/aromatic N) is 6. The van der Waals surface area contributed by atoms with Crippen molar-refractivity contribution in [1.82, 2.24) is 24.1 Å². The van der Waals surface area contributed by atoms with Gasteiger partial charge in [-0.3, -0.25) is 0 Å². The fourth-order valence-corrected chi connectivity index (χ4v) is 8.17. The first-order valence-electron chi connectivity index (χ1n) is 17.9. The fourth-order valence-electron chi connectivity index (χ4n) is 8.17. The third-order valence-corrected chi connectivity index (χ3v) is 10.4. The lowest BCUT2D eigenvalue weighted by atomic mass is 9.84. The molecular formula is C47H32N6. The van der Waals surface area contributed by atoms with Crippen LogP contribution in [0.1, 0.15) is 29.7 Å². The summed E-state index contributed by atoms with van der Waals surface area (Å²) in [4.78, 5) is 14.8. The highest BCUT2D eigenvalue weighted by Gasteiger charge is 2.34. The molecular weight excluding hydrogens is 649 g/mol. The maximum atomic E-state index is 10.9. The van der Waals surface area contributed by atoms with Gasteiger partial charge in [0.05, 0.1) is 28.0 Å². The molecule has 10 rings (SSSR count). The molecule has 6 nitrogen and oxygen atoms in total. The van der Waals surface area contributed by atoms with Crippen molar-refractivity contribution in [1.29, 1.82) is 5.26 Å². The van der Waals surface area contributed by atoms with Crippen LogP contribution in [0, 0.1) is 11.3 Å². The molecule has 1 aliphatic carbocycles. The maximum Gasteiger partial charge on any atom is 0.164 e. The van der Waals surface area contributed by atoms with Crippen molar-refractivity contribution in [3.8, 4) is 62.9 Å². The molecule has 0 saturated heterocycles. The van der Waals surface area contributed by atoms with E-state index >= 15 is 0 Å². The molecule has 53 heavy (non-hydrogen) atoms. The van der Waals surface area contributed by atoms with Crippen LogP contribution in [-0.2, 0) is 6.42 Å². The van der Waals surface area contributed by atoms with Gasteiger partial charge in [0.2, 0.25) is 0 Å². The van der Waals surface area contributed by atoms with Crippen LogP contribution in [0.2, 0.25) is 0 Å². The number of nitriles is 1. The van der Waals surface area contributed by atoms with Gasteiger partial charge in [-0.15, -0.1) is 0 Å². The molecule has 6 aromatic carbocycles. The van der Waals surface area contributed by atoms with E-state index in [0.29, 0.717) is 23.0 Å². The van der Waals surface area contributed by atoms with Crippen molar-refractivity contribution in [3.05, 3.63) is 175 Å². The van der Waals surface area contributed by atoms with Crippen LogP contribution in [0.5, 0.6) is 0 Å². The lowest BCUT2D eigenvalue weighted by Crippen LogP contribution is -2.13. The number of benzene rings is 6. The molecule has 0 fully saturated rings. The van der Waals surface area contributed by atoms with E-state index in [9.17, 15) is 5.26 Å². The number of aromatic nitrogens is 5. The fraction of sp³-hybridized carbons (Fsp3) is 0.0638. The molecule has 9 aromatic rings. The van der Waals surface area contributed by atoms with Crippen LogP contribution >= 0.6 is 0 Å². The standard InChI is InChI=1S/C47H32N6/c1-30-27-41-43(37-22-12-13-23-39(37)52(41)35-19-9-4-10-20-35)44-42(30)36-21-11-14-24-40(36)53(44)38-26-25-33(28-34(38)29-48)47-50-45(31-15-5-2-6-16-31)49-46(51-47)32-17-7-3-8-18-32/h2-26,28,30H,27H2,1H3. The van der Waals surface area contributed by atoms with Gasteiger partial charge in [0.25, 0.3) is 0 Å². The summed E-state index contributed by atoms with van der Waals surface area (Å²) in [6.07, 6.45) is 0.900. The minimum Gasteiger partial charge on any atom is -0.313 e. The zero-order valence-electron chi connectivity index (χ0n) is 29.0. The summed E-state index contributed by atoms with van der Waals surface area (Å²) in [5.41, 5.74) is 12.3. The third kappa shape index (κ3) is 4.90. The number of para-hydroxylation sites is 3. The lowest BCUT2D eigenvalue weighted by Gasteiger charge is -2.25. The smallest absolute Gasteiger partial charge is 0.164 e. The van der Waals surface area contributed by atoms with E-state index in [-0.39, 0.29) is 5.92 Å². The van der Waals surface area contributed by atoms with Crippen molar-refractivity contribution < 1.29 is 0 Å². The van der Waals surface area contributed by atoms with Crippen LogP contribution in [0.25, 0.3) is 78.6 Å². The molecule has 0 saturated carbocycles. The van der Waals surface area contributed by atoms with Gasteiger partial charge in [0.1, 0.15) is 6.07 Å². The number of hydrogen-bond donors (Lipinski definition) is 0. The number of rotatable bonds is 5. The molecule has 3 aromatic heterocycles. The van der Waals surface area contributed by atoms with Crippen LogP contribution in [0.15, 0.2) is 158 Å². The molecule has 0 radical (unpaired) electrons. The van der Waals surface area contributed by atoms with E-state index < -0.39 is 0 Å². The summed E-state index contributed by atoms with van der Waals surface area (Å²) in [5.74, 6) is 1.93. The Hall–Kier alpha value is -7.10. The van der Waals surface area contributed by atoms with E-state index in [2.05, 4.69) is 107 Å². The second kappa shape index (κ2) is 12.3. The largest absolute Gasteiger partial charge is 0.313 e. The number of hydrogen-bond acceptors (Lipinski definition) is 4. The Morgan fingerprint density at radius 1 is 0.566 bits per heavy atom. The molecule has 0 amide bonds. The van der Waals surface area contributed by atoms with Gasteiger partial charge in [-0.1, -0.05) is 122 Å². The highest BCUT2D eigenvalue weighted by Crippen LogP contribution is 2.51. The molecule has 3 heterocycles. The molecule has 250 valence electrons. The van der Waals surface area contributed by atoms with E-state index in [4.69, 9.17) is 15.0 Å². The third-order valence-electron chi connectivity index (χ3n) is 10.4. The van der Waals surface area contributed by atoms with Crippen molar-refractivity contribution >= 4 is 21.8 Å². The van der Waals surface area contributed by atoms with Crippen LogP contribution < -0.4 is 0 Å². The van der Waals surface area contributed by atoms with Crippen LogP contribution in [0.3, 0.4) is 0 Å². The highest BCUT2D eigenvalue weighted by atomic mass is 15.1. The Balaban J connectivity index is 1.21. The maximum absolute atomic E-state index is 10.9. The van der Waals surface area contributed by atoms with E-state index in [1.54, 1.807) is 0 Å². The summed E-state index contributed by atoms with van der Waals surface area (Å²) >= 11 is 0. The minimum absolute atomic E-state index is 0.248. The minimum atomic E-state index is 0.248. The Labute approximate surface area is 306 Å². The monoisotopic (exact) mass is 680 g/mol. The second-order valence-electron chi connectivity index (χ2n) is 13.6. The first-order chi connectivity index (χ1) is 26.2. The van der Waals surface area contributed by atoms with Gasteiger partial charge in [-0.05, 0) is 60.4 Å². The van der Waals surface area contributed by atoms with Gasteiger partial charge < -0.3 is 9.13 Å². The van der Waals surface area contributed by atoms with Gasteiger partial charge in [0, 0.05) is 44.4 Å². The summed E-state index contributed by atoms with van der Waals surface area (Å²) in [7, 11) is 0. The van der Waals surface area contributed by atoms with E-state index in [1.807, 2.05) is 72.8 Å². The molecule has 0 bridgehead atoms. The molecule has 1 atom stereocenters. The van der Waals surface area contributed by atoms with E-state index in [1.165, 1.54) is 33.1 Å². The summed E-state index contributed by atoms with van der Waals surface area (Å²) in [5, 5.41) is 13.3. The predicted octanol–water partition coefficient (Wildman–Crippen LogP) is 11.0. The second-order valence-corrected chi connectivity index (χ2v) is 13.6. The van der Waals surface area contributed by atoms with Gasteiger partial charge in [-0.2, -0.15) is 5.26 Å². The summed E-state index contributed by atoms with van der Waals surface area (Å²) in [6.45, 7) is 2.33. The zero-order chi connectivity index (χ0) is 35.5. The predicted molar refractivity (Wildman–Crippen MR) is 212 cm³/mol.